The molecule has 1 heterocycles. The molecule has 2 rings (SSSR count). The van der Waals surface area contributed by atoms with Crippen molar-refractivity contribution in [2.75, 3.05) is 12.4 Å². The number of anilines is 1. The van der Waals surface area contributed by atoms with Crippen LogP contribution >= 0.6 is 11.8 Å². The van der Waals surface area contributed by atoms with Crippen molar-refractivity contribution < 1.29 is 18.4 Å². The summed E-state index contributed by atoms with van der Waals surface area (Å²) < 4.78 is 23.4. The number of hydrogen-bond acceptors (Lipinski definition) is 5. The maximum atomic E-state index is 13.6. The van der Waals surface area contributed by atoms with Crippen LogP contribution in [0.5, 0.6) is 5.75 Å². The van der Waals surface area contributed by atoms with Gasteiger partial charge in [0.25, 0.3) is 0 Å². The molecule has 22 heavy (non-hydrogen) atoms. The van der Waals surface area contributed by atoms with Crippen LogP contribution in [-0.2, 0) is 10.5 Å². The number of methoxy groups -OCH3 is 1. The summed E-state index contributed by atoms with van der Waals surface area (Å²) in [4.78, 5) is 12.0. The molecule has 7 heteroatoms. The number of aromatic nitrogens is 1. The van der Waals surface area contributed by atoms with E-state index in [4.69, 9.17) is 9.26 Å². The van der Waals surface area contributed by atoms with Crippen LogP contribution in [0.15, 0.2) is 28.8 Å². The van der Waals surface area contributed by atoms with Crippen LogP contribution in [0, 0.1) is 12.7 Å². The number of hydrogen-bond donors (Lipinski definition) is 1. The number of halogens is 1. The molecular weight excluding hydrogens is 307 g/mol. The molecule has 0 saturated carbocycles. The van der Waals surface area contributed by atoms with E-state index in [0.717, 1.165) is 5.56 Å². The Kier molecular flexibility index (Phi) is 5.43. The van der Waals surface area contributed by atoms with Crippen molar-refractivity contribution in [1.82, 2.24) is 5.16 Å². The third kappa shape index (κ3) is 4.24. The number of nitrogens with one attached hydrogen (secondary N) is 1. The summed E-state index contributed by atoms with van der Waals surface area (Å²) in [6.07, 6.45) is 0. The van der Waals surface area contributed by atoms with Gasteiger partial charge in [0.15, 0.2) is 11.6 Å². The summed E-state index contributed by atoms with van der Waals surface area (Å²) in [6.45, 7) is 3.55. The zero-order valence-electron chi connectivity index (χ0n) is 12.6. The van der Waals surface area contributed by atoms with Crippen LogP contribution in [0.1, 0.15) is 18.2 Å². The molecule has 1 atom stereocenters. The predicted octanol–water partition coefficient (Wildman–Crippen LogP) is 3.39. The number of nitrogens with zero attached hydrogens (tertiary/aromatic N) is 1. The molecule has 0 radical (unpaired) electrons. The summed E-state index contributed by atoms with van der Waals surface area (Å²) in [5.74, 6) is 0.459. The smallest absolute Gasteiger partial charge is 0.239 e. The quantitative estimate of drug-likeness (QED) is 0.882. The average Bonchev–Trinajstić information content (AvgIpc) is 2.90. The van der Waals surface area contributed by atoms with Gasteiger partial charge in [0.1, 0.15) is 0 Å². The zero-order chi connectivity index (χ0) is 16.1. The van der Waals surface area contributed by atoms with Gasteiger partial charge < -0.3 is 9.26 Å². The second-order valence-corrected chi connectivity index (χ2v) is 6.07. The van der Waals surface area contributed by atoms with Gasteiger partial charge in [0, 0.05) is 11.8 Å². The van der Waals surface area contributed by atoms with Crippen molar-refractivity contribution in [3.63, 3.8) is 0 Å². The molecular formula is C15H17FN2O3S. The number of ether oxygens (including phenoxy) is 1. The van der Waals surface area contributed by atoms with E-state index in [9.17, 15) is 9.18 Å². The summed E-state index contributed by atoms with van der Waals surface area (Å²) in [7, 11) is 1.42. The van der Waals surface area contributed by atoms with Gasteiger partial charge in [-0.25, -0.2) is 4.39 Å². The number of rotatable bonds is 6. The molecule has 0 saturated heterocycles. The maximum absolute atomic E-state index is 13.6. The normalized spacial score (nSPS) is 12.0. The van der Waals surface area contributed by atoms with Crippen LogP contribution in [0.4, 0.5) is 10.3 Å². The average molecular weight is 324 g/mol. The molecule has 0 fully saturated rings. The molecule has 5 nitrogen and oxygen atoms in total. The van der Waals surface area contributed by atoms with Gasteiger partial charge in [-0.3, -0.25) is 10.1 Å². The minimum Gasteiger partial charge on any atom is -0.494 e. The molecule has 0 aliphatic heterocycles. The lowest BCUT2D eigenvalue weighted by atomic mass is 10.2. The molecule has 0 aliphatic rings. The largest absolute Gasteiger partial charge is 0.494 e. The number of benzene rings is 1. The molecule has 1 unspecified atom stereocenters. The first-order chi connectivity index (χ1) is 10.5. The molecule has 1 aromatic heterocycles. The predicted molar refractivity (Wildman–Crippen MR) is 83.6 cm³/mol. The lowest BCUT2D eigenvalue weighted by Gasteiger charge is -2.11. The number of aryl methyl sites for hydroxylation is 1. The van der Waals surface area contributed by atoms with Crippen LogP contribution in [0.3, 0.4) is 0 Å². The maximum Gasteiger partial charge on any atom is 0.239 e. The van der Waals surface area contributed by atoms with Crippen LogP contribution in [-0.4, -0.2) is 23.4 Å². The Balaban J connectivity index is 1.87. The summed E-state index contributed by atoms with van der Waals surface area (Å²) in [5, 5.41) is 6.03. The Bertz CT molecular complexity index is 660. The van der Waals surface area contributed by atoms with Gasteiger partial charge in [0.2, 0.25) is 11.8 Å². The third-order valence-electron chi connectivity index (χ3n) is 2.96. The van der Waals surface area contributed by atoms with Gasteiger partial charge in [-0.2, -0.15) is 0 Å². The highest BCUT2D eigenvalue weighted by molar-refractivity contribution is 7.99. The van der Waals surface area contributed by atoms with E-state index in [2.05, 4.69) is 10.5 Å². The Morgan fingerprint density at radius 3 is 2.86 bits per heavy atom. The van der Waals surface area contributed by atoms with Crippen molar-refractivity contribution in [1.29, 1.82) is 0 Å². The molecule has 0 bridgehead atoms. The zero-order valence-corrected chi connectivity index (χ0v) is 13.4. The van der Waals surface area contributed by atoms with E-state index in [1.165, 1.54) is 24.9 Å². The molecule has 1 amide bonds. The van der Waals surface area contributed by atoms with E-state index in [0.29, 0.717) is 17.3 Å². The fraction of sp³-hybridized carbons (Fsp3) is 0.333. The Morgan fingerprint density at radius 1 is 1.50 bits per heavy atom. The topological polar surface area (TPSA) is 64.4 Å². The SMILES string of the molecule is COc1ccc(CSC(C)C(=O)Nc2cc(C)no2)cc1F. The first-order valence-electron chi connectivity index (χ1n) is 6.68. The van der Waals surface area contributed by atoms with E-state index >= 15 is 0 Å². The third-order valence-corrected chi connectivity index (χ3v) is 4.17. The second kappa shape index (κ2) is 7.31. The highest BCUT2D eigenvalue weighted by Gasteiger charge is 2.16. The molecule has 0 spiro atoms. The highest BCUT2D eigenvalue weighted by atomic mass is 32.2. The second-order valence-electron chi connectivity index (χ2n) is 4.74. The van der Waals surface area contributed by atoms with Crippen LogP contribution in [0.25, 0.3) is 0 Å². The number of carbonyl (C=O) groups is 1. The number of carbonyl (C=O) groups excluding carboxylic acids is 1. The summed E-state index contributed by atoms with van der Waals surface area (Å²) in [5.41, 5.74) is 1.49. The lowest BCUT2D eigenvalue weighted by Crippen LogP contribution is -2.22. The van der Waals surface area contributed by atoms with E-state index in [-0.39, 0.29) is 16.9 Å². The molecule has 1 aromatic carbocycles. The highest BCUT2D eigenvalue weighted by Crippen LogP contribution is 2.23. The monoisotopic (exact) mass is 324 g/mol. The first-order valence-corrected chi connectivity index (χ1v) is 7.72. The van der Waals surface area contributed by atoms with Gasteiger partial charge in [-0.15, -0.1) is 11.8 Å². The molecule has 1 N–H and O–H groups in total. The molecule has 2 aromatic rings. The van der Waals surface area contributed by atoms with E-state index in [1.807, 2.05) is 0 Å². The van der Waals surface area contributed by atoms with Gasteiger partial charge in [-0.1, -0.05) is 11.2 Å². The minimum absolute atomic E-state index is 0.185. The Hall–Kier alpha value is -2.02. The molecule has 118 valence electrons. The van der Waals surface area contributed by atoms with Crippen molar-refractivity contribution in [2.45, 2.75) is 24.9 Å². The van der Waals surface area contributed by atoms with Gasteiger partial charge in [0.05, 0.1) is 18.1 Å². The summed E-state index contributed by atoms with van der Waals surface area (Å²) >= 11 is 1.40. The minimum atomic E-state index is -0.408. The van der Waals surface area contributed by atoms with Crippen LogP contribution < -0.4 is 10.1 Å². The first kappa shape index (κ1) is 16.4. The van der Waals surface area contributed by atoms with Gasteiger partial charge >= 0.3 is 0 Å². The number of amides is 1. The van der Waals surface area contributed by atoms with E-state index < -0.39 is 5.82 Å². The lowest BCUT2D eigenvalue weighted by molar-refractivity contribution is -0.115. The standard InChI is InChI=1S/C15H17FN2O3S/c1-9-6-14(21-18-9)17-15(19)10(2)22-8-11-4-5-13(20-3)12(16)7-11/h4-7,10H,8H2,1-3H3,(H,17,19). The van der Waals surface area contributed by atoms with Crippen molar-refractivity contribution >= 4 is 23.6 Å². The Labute approximate surface area is 132 Å². The molecule has 0 aliphatic carbocycles. The fourth-order valence-corrected chi connectivity index (χ4v) is 2.57. The summed E-state index contributed by atoms with van der Waals surface area (Å²) in [6, 6.07) is 6.41. The number of thioether (sulfide) groups is 1. The Morgan fingerprint density at radius 2 is 2.27 bits per heavy atom. The van der Waals surface area contributed by atoms with E-state index in [1.54, 1.807) is 32.0 Å². The van der Waals surface area contributed by atoms with Crippen LogP contribution in [0.2, 0.25) is 0 Å². The van der Waals surface area contributed by atoms with Crippen molar-refractivity contribution in [2.24, 2.45) is 0 Å². The van der Waals surface area contributed by atoms with Crippen molar-refractivity contribution in [3.8, 4) is 5.75 Å². The van der Waals surface area contributed by atoms with Gasteiger partial charge in [-0.05, 0) is 31.5 Å². The fourth-order valence-electron chi connectivity index (χ4n) is 1.74. The van der Waals surface area contributed by atoms with Crippen molar-refractivity contribution in [3.05, 3.63) is 41.3 Å².